The summed E-state index contributed by atoms with van der Waals surface area (Å²) in [6.45, 7) is 2.31. The lowest BCUT2D eigenvalue weighted by molar-refractivity contribution is -0.144. The summed E-state index contributed by atoms with van der Waals surface area (Å²) >= 11 is 14.1. The maximum absolute atomic E-state index is 14.0. The number of hydrogen-bond acceptors (Lipinski definition) is 10. The Morgan fingerprint density at radius 3 is 2.40 bits per heavy atom. The fourth-order valence-electron chi connectivity index (χ4n) is 8.45. The van der Waals surface area contributed by atoms with Gasteiger partial charge in [-0.1, -0.05) is 53.5 Å². The van der Waals surface area contributed by atoms with Crippen LogP contribution in [0.3, 0.4) is 0 Å². The number of pyridine rings is 1. The van der Waals surface area contributed by atoms with Crippen molar-refractivity contribution >= 4 is 51.8 Å². The highest BCUT2D eigenvalue weighted by molar-refractivity contribution is 6.39. The summed E-state index contributed by atoms with van der Waals surface area (Å²) in [4.78, 5) is 54.8. The number of β-amino-alcohol motifs (C(OH)–C–C–N with tert-alkyl or cyclic N) is 1. The average Bonchev–Trinajstić information content (AvgIpc) is 3.81. The van der Waals surface area contributed by atoms with Crippen LogP contribution in [-0.4, -0.2) is 90.5 Å². The molecule has 5 aromatic rings. The number of alkyl halides is 3. The number of aryl methyl sites for hydroxylation is 2. The standard InChI is InChI=1S/C39H38Cl2F3N9O5/c1-50-32-28(34(55)51(2)37(50)57)31(47-35(48-32)39(42,43)44)45-24-9-5-7-22(30(24)41)21-6-4-8-23(29(21)40)25-18-20-10-11-26(27(20)33(46-25)58-3)53-15-13-38(19-53)12-14-52(16-17-54)36(56)49-38/h4-9,18,26,54H,10-17,19H2,1-3H3,(H,49,56)(H,45,47,48)/t26-,38+/m0/s1. The van der Waals surface area contributed by atoms with Crippen molar-refractivity contribution in [3.63, 3.8) is 0 Å². The number of amides is 2. The molecule has 2 saturated heterocycles. The zero-order chi connectivity index (χ0) is 41.3. The zero-order valence-corrected chi connectivity index (χ0v) is 33.1. The van der Waals surface area contributed by atoms with Crippen molar-refractivity contribution in [1.82, 2.24) is 39.2 Å². The summed E-state index contributed by atoms with van der Waals surface area (Å²) < 4.78 is 49.4. The van der Waals surface area contributed by atoms with Crippen LogP contribution >= 0.6 is 23.2 Å². The number of methoxy groups -OCH3 is 1. The Kier molecular flexibility index (Phi) is 10.1. The first-order valence-electron chi connectivity index (χ1n) is 18.5. The van der Waals surface area contributed by atoms with E-state index in [1.165, 1.54) is 20.2 Å². The van der Waals surface area contributed by atoms with Gasteiger partial charge in [-0.2, -0.15) is 13.2 Å². The number of rotatable bonds is 8. The van der Waals surface area contributed by atoms with E-state index < -0.39 is 34.7 Å². The number of aliphatic hydroxyl groups excluding tert-OH is 1. The summed E-state index contributed by atoms with van der Waals surface area (Å²) in [5.41, 5.74) is 1.70. The molecule has 0 radical (unpaired) electrons. The van der Waals surface area contributed by atoms with Crippen LogP contribution in [0.4, 0.5) is 29.5 Å². The van der Waals surface area contributed by atoms with Gasteiger partial charge < -0.3 is 25.4 Å². The number of fused-ring (bicyclic) bond motifs is 2. The molecule has 3 N–H and O–H groups in total. The number of nitrogens with one attached hydrogen (secondary N) is 2. The van der Waals surface area contributed by atoms with Crippen molar-refractivity contribution in [2.75, 3.05) is 45.2 Å². The number of hydrogen-bond donors (Lipinski definition) is 3. The van der Waals surface area contributed by atoms with Crippen molar-refractivity contribution in [3.8, 4) is 28.3 Å². The van der Waals surface area contributed by atoms with Gasteiger partial charge in [0.05, 0.1) is 40.7 Å². The lowest BCUT2D eigenvalue weighted by atomic mass is 9.92. The Bertz CT molecular complexity index is 2620. The molecule has 3 aromatic heterocycles. The Hall–Kier alpha value is -5.23. The topological polar surface area (TPSA) is 160 Å². The van der Waals surface area contributed by atoms with Gasteiger partial charge in [0.15, 0.2) is 5.65 Å². The van der Waals surface area contributed by atoms with E-state index in [1.54, 1.807) is 36.3 Å². The van der Waals surface area contributed by atoms with Crippen molar-refractivity contribution in [2.24, 2.45) is 14.1 Å². The smallest absolute Gasteiger partial charge is 0.451 e. The largest absolute Gasteiger partial charge is 0.481 e. The molecular formula is C39H38Cl2F3N9O5. The minimum Gasteiger partial charge on any atom is -0.481 e. The third kappa shape index (κ3) is 6.72. The number of carbonyl (C=O) groups excluding carboxylic acids is 1. The lowest BCUT2D eigenvalue weighted by Gasteiger charge is -2.40. The number of aliphatic hydroxyl groups is 1. The van der Waals surface area contributed by atoms with Gasteiger partial charge in [0, 0.05) is 68.6 Å². The molecule has 1 spiro atoms. The Morgan fingerprint density at radius 1 is 0.983 bits per heavy atom. The van der Waals surface area contributed by atoms with Crippen LogP contribution in [0.5, 0.6) is 5.88 Å². The molecule has 2 aromatic carbocycles. The van der Waals surface area contributed by atoms with Gasteiger partial charge in [0.25, 0.3) is 5.56 Å². The normalized spacial score (nSPS) is 19.6. The molecule has 2 atom stereocenters. The second kappa shape index (κ2) is 14.9. The molecule has 19 heteroatoms. The first-order valence-corrected chi connectivity index (χ1v) is 19.3. The van der Waals surface area contributed by atoms with Gasteiger partial charge in [-0.3, -0.25) is 18.8 Å². The van der Waals surface area contributed by atoms with Crippen LogP contribution in [-0.2, 0) is 26.7 Å². The fraction of sp³-hybridized carbons (Fsp3) is 0.385. The molecule has 5 heterocycles. The Labute approximate surface area is 339 Å². The van der Waals surface area contributed by atoms with Gasteiger partial charge in [-0.15, -0.1) is 0 Å². The van der Waals surface area contributed by atoms with E-state index >= 15 is 0 Å². The van der Waals surface area contributed by atoms with E-state index in [0.717, 1.165) is 52.5 Å². The van der Waals surface area contributed by atoms with Crippen LogP contribution in [0.2, 0.25) is 10.0 Å². The molecule has 8 rings (SSSR count). The van der Waals surface area contributed by atoms with E-state index in [-0.39, 0.29) is 40.3 Å². The predicted molar refractivity (Wildman–Crippen MR) is 212 cm³/mol. The molecule has 2 fully saturated rings. The summed E-state index contributed by atoms with van der Waals surface area (Å²) in [5.74, 6) is -1.56. The van der Waals surface area contributed by atoms with E-state index in [4.69, 9.17) is 32.9 Å². The monoisotopic (exact) mass is 839 g/mol. The van der Waals surface area contributed by atoms with E-state index in [9.17, 15) is 32.7 Å². The van der Waals surface area contributed by atoms with Crippen LogP contribution in [0.1, 0.15) is 42.3 Å². The second-order valence-corrected chi connectivity index (χ2v) is 15.5. The van der Waals surface area contributed by atoms with Crippen molar-refractivity contribution in [1.29, 1.82) is 0 Å². The maximum Gasteiger partial charge on any atom is 0.451 e. The highest BCUT2D eigenvalue weighted by Crippen LogP contribution is 2.47. The zero-order valence-electron chi connectivity index (χ0n) is 31.6. The molecular weight excluding hydrogens is 802 g/mol. The molecule has 14 nitrogen and oxygen atoms in total. The number of halogens is 5. The number of carbonyl (C=O) groups is 1. The summed E-state index contributed by atoms with van der Waals surface area (Å²) in [5, 5.41) is 15.4. The van der Waals surface area contributed by atoms with Crippen LogP contribution in [0.25, 0.3) is 33.4 Å². The first-order chi connectivity index (χ1) is 27.6. The van der Waals surface area contributed by atoms with Crippen LogP contribution < -0.4 is 26.6 Å². The molecule has 0 bridgehead atoms. The quantitative estimate of drug-likeness (QED) is 0.178. The molecule has 0 unspecified atom stereocenters. The Morgan fingerprint density at radius 2 is 1.69 bits per heavy atom. The first kappa shape index (κ1) is 39.6. The van der Waals surface area contributed by atoms with E-state index in [2.05, 4.69) is 25.5 Å². The number of likely N-dealkylation sites (tertiary alicyclic amines) is 1. The molecule has 58 heavy (non-hydrogen) atoms. The lowest BCUT2D eigenvalue weighted by Crippen LogP contribution is -2.61. The van der Waals surface area contributed by atoms with E-state index in [1.807, 2.05) is 12.1 Å². The number of anilines is 2. The van der Waals surface area contributed by atoms with Crippen molar-refractivity contribution in [3.05, 3.63) is 90.3 Å². The molecule has 1 aliphatic carbocycles. The number of ether oxygens (including phenoxy) is 1. The minimum absolute atomic E-state index is 0.0402. The van der Waals surface area contributed by atoms with Gasteiger partial charge in [0.1, 0.15) is 11.2 Å². The van der Waals surface area contributed by atoms with Crippen molar-refractivity contribution in [2.45, 2.75) is 43.4 Å². The average molecular weight is 841 g/mol. The minimum atomic E-state index is -4.99. The molecule has 2 aliphatic heterocycles. The van der Waals surface area contributed by atoms with Gasteiger partial charge in [0.2, 0.25) is 11.7 Å². The van der Waals surface area contributed by atoms with Gasteiger partial charge in [-0.25, -0.2) is 24.5 Å². The molecule has 304 valence electrons. The van der Waals surface area contributed by atoms with Gasteiger partial charge >= 0.3 is 17.9 Å². The third-order valence-electron chi connectivity index (χ3n) is 11.4. The molecule has 3 aliphatic rings. The molecule has 2 amide bonds. The highest BCUT2D eigenvalue weighted by atomic mass is 35.5. The maximum atomic E-state index is 14.0. The fourth-order valence-corrected chi connectivity index (χ4v) is 9.05. The number of benzene rings is 2. The van der Waals surface area contributed by atoms with Crippen LogP contribution in [0.15, 0.2) is 52.1 Å². The second-order valence-electron chi connectivity index (χ2n) is 14.8. The summed E-state index contributed by atoms with van der Waals surface area (Å²) in [7, 11) is 3.99. The van der Waals surface area contributed by atoms with Crippen molar-refractivity contribution < 1.29 is 27.8 Å². The predicted octanol–water partition coefficient (Wildman–Crippen LogP) is 5.67. The summed E-state index contributed by atoms with van der Waals surface area (Å²) in [6.07, 6.45) is -1.77. The van der Waals surface area contributed by atoms with E-state index in [0.29, 0.717) is 52.9 Å². The number of nitrogens with zero attached hydrogens (tertiary/aromatic N) is 7. The van der Waals surface area contributed by atoms with Crippen LogP contribution in [0, 0.1) is 0 Å². The summed E-state index contributed by atoms with van der Waals surface area (Å²) in [6, 6.07) is 12.1. The third-order valence-corrected chi connectivity index (χ3v) is 12.2. The SMILES string of the molecule is COc1nc(-c2cccc(-c3cccc(Nc4nc(C(F)(F)F)nc5c4c(=O)n(C)c(=O)n5C)c3Cl)c2Cl)cc2c1[C@@H](N1CC[C@]3(CCN(CCO)C(=O)N3)C1)CC2. The van der Waals surface area contributed by atoms with Gasteiger partial charge in [-0.05, 0) is 43.4 Å². The highest BCUT2D eigenvalue weighted by Gasteiger charge is 2.46. The molecule has 0 saturated carbocycles. The number of urea groups is 1. The Balaban J connectivity index is 1.11. The number of aromatic nitrogens is 5.